The zero-order valence-corrected chi connectivity index (χ0v) is 15.7. The van der Waals surface area contributed by atoms with Crippen molar-refractivity contribution in [2.75, 3.05) is 7.11 Å². The van der Waals surface area contributed by atoms with Gasteiger partial charge in [0.25, 0.3) is 0 Å². The third kappa shape index (κ3) is 4.16. The zero-order valence-electron chi connectivity index (χ0n) is 15.7. The van der Waals surface area contributed by atoms with Gasteiger partial charge < -0.3 is 14.6 Å². The van der Waals surface area contributed by atoms with E-state index in [2.05, 4.69) is 15.1 Å². The molecule has 0 radical (unpaired) electrons. The van der Waals surface area contributed by atoms with E-state index in [-0.39, 0.29) is 11.8 Å². The van der Waals surface area contributed by atoms with Crippen molar-refractivity contribution in [3.8, 4) is 11.7 Å². The third-order valence-corrected chi connectivity index (χ3v) is 3.94. The first-order valence-electron chi connectivity index (χ1n) is 8.52. The van der Waals surface area contributed by atoms with Crippen LogP contribution in [-0.4, -0.2) is 44.4 Å². The van der Waals surface area contributed by atoms with E-state index in [1.54, 1.807) is 52.4 Å². The van der Waals surface area contributed by atoms with Crippen LogP contribution in [0, 0.1) is 0 Å². The number of carbonyl (C=O) groups excluding carboxylic acids is 1. The quantitative estimate of drug-likeness (QED) is 0.834. The Morgan fingerprint density at radius 2 is 2.07 bits per heavy atom. The van der Waals surface area contributed by atoms with Crippen LogP contribution in [0.15, 0.2) is 41.8 Å². The van der Waals surface area contributed by atoms with E-state index >= 15 is 0 Å². The van der Waals surface area contributed by atoms with E-state index in [0.717, 1.165) is 0 Å². The number of aliphatic imine (C=N–C) groups is 1. The fraction of sp³-hybridized carbons (Fsp3) is 0.368. The van der Waals surface area contributed by atoms with Gasteiger partial charge in [0.1, 0.15) is 5.60 Å². The third-order valence-electron chi connectivity index (χ3n) is 3.94. The highest BCUT2D eigenvalue weighted by molar-refractivity contribution is 5.89. The van der Waals surface area contributed by atoms with Crippen molar-refractivity contribution < 1.29 is 19.4 Å². The highest BCUT2D eigenvalue weighted by Crippen LogP contribution is 2.32. The normalized spacial score (nSPS) is 16.7. The molecule has 0 aromatic carbocycles. The van der Waals surface area contributed by atoms with Gasteiger partial charge in [0.2, 0.25) is 5.88 Å². The lowest BCUT2D eigenvalue weighted by Crippen LogP contribution is -2.24. The standard InChI is InChI=1S/C19H22N4O4/c1-19(2,3)27-18(25)13-5-6-15(21-10-13)23-17(24)14(11-22-23)12-7-8-20-16(9-12)26-4/h5-8,10-12,24H,9H2,1-4H3. The fourth-order valence-electron chi connectivity index (χ4n) is 2.64. The van der Waals surface area contributed by atoms with Crippen molar-refractivity contribution in [2.24, 2.45) is 4.99 Å². The maximum atomic E-state index is 12.1. The molecule has 0 bridgehead atoms. The number of rotatable bonds is 3. The topological polar surface area (TPSA) is 98.8 Å². The van der Waals surface area contributed by atoms with Crippen LogP contribution >= 0.6 is 0 Å². The predicted molar refractivity (Wildman–Crippen MR) is 99.1 cm³/mol. The van der Waals surface area contributed by atoms with Crippen LogP contribution in [0.25, 0.3) is 5.82 Å². The van der Waals surface area contributed by atoms with Crippen molar-refractivity contribution in [3.05, 3.63) is 47.9 Å². The highest BCUT2D eigenvalue weighted by atomic mass is 16.6. The largest absolute Gasteiger partial charge is 0.493 e. The molecule has 2 aromatic heterocycles. The number of pyridine rings is 1. The molecule has 142 valence electrons. The second-order valence-corrected chi connectivity index (χ2v) is 7.12. The van der Waals surface area contributed by atoms with Gasteiger partial charge in [0.05, 0.1) is 18.9 Å². The van der Waals surface area contributed by atoms with Crippen molar-refractivity contribution >= 4 is 11.9 Å². The summed E-state index contributed by atoms with van der Waals surface area (Å²) in [6.07, 6.45) is 7.06. The Morgan fingerprint density at radius 3 is 2.70 bits per heavy atom. The van der Waals surface area contributed by atoms with E-state index in [1.807, 2.05) is 6.08 Å². The molecule has 2 aromatic rings. The fourth-order valence-corrected chi connectivity index (χ4v) is 2.64. The highest BCUT2D eigenvalue weighted by Gasteiger charge is 2.23. The Morgan fingerprint density at radius 1 is 1.30 bits per heavy atom. The second kappa shape index (κ2) is 7.22. The molecule has 0 saturated heterocycles. The number of carbonyl (C=O) groups is 1. The molecule has 1 atom stereocenters. The average molecular weight is 370 g/mol. The summed E-state index contributed by atoms with van der Waals surface area (Å²) in [5.74, 6) is 0.429. The smallest absolute Gasteiger partial charge is 0.340 e. The molecule has 8 nitrogen and oxygen atoms in total. The number of aromatic hydroxyl groups is 1. The van der Waals surface area contributed by atoms with Gasteiger partial charge in [-0.05, 0) is 32.9 Å². The molecule has 0 fully saturated rings. The maximum Gasteiger partial charge on any atom is 0.340 e. The maximum absolute atomic E-state index is 12.1. The molecule has 1 N–H and O–H groups in total. The van der Waals surface area contributed by atoms with Crippen molar-refractivity contribution in [3.63, 3.8) is 0 Å². The summed E-state index contributed by atoms with van der Waals surface area (Å²) < 4.78 is 11.8. The van der Waals surface area contributed by atoms with Gasteiger partial charge >= 0.3 is 5.97 Å². The van der Waals surface area contributed by atoms with Crippen molar-refractivity contribution in [1.82, 2.24) is 14.8 Å². The summed E-state index contributed by atoms with van der Waals surface area (Å²) in [6.45, 7) is 5.40. The molecular weight excluding hydrogens is 348 g/mol. The Labute approximate surface area is 157 Å². The van der Waals surface area contributed by atoms with Crippen LogP contribution in [0.3, 0.4) is 0 Å². The molecule has 0 aliphatic carbocycles. The summed E-state index contributed by atoms with van der Waals surface area (Å²) in [4.78, 5) is 20.4. The molecule has 0 saturated carbocycles. The van der Waals surface area contributed by atoms with Gasteiger partial charge in [-0.1, -0.05) is 6.08 Å². The monoisotopic (exact) mass is 370 g/mol. The number of aromatic nitrogens is 3. The number of nitrogens with zero attached hydrogens (tertiary/aromatic N) is 4. The molecule has 1 aliphatic rings. The van der Waals surface area contributed by atoms with Crippen LogP contribution in [0.5, 0.6) is 5.88 Å². The molecule has 3 rings (SSSR count). The van der Waals surface area contributed by atoms with Gasteiger partial charge in [-0.3, -0.25) is 0 Å². The molecule has 27 heavy (non-hydrogen) atoms. The molecule has 3 heterocycles. The first-order valence-corrected chi connectivity index (χ1v) is 8.52. The number of esters is 1. The number of ether oxygens (including phenoxy) is 2. The van der Waals surface area contributed by atoms with E-state index in [0.29, 0.717) is 29.3 Å². The first kappa shape index (κ1) is 18.6. The predicted octanol–water partition coefficient (Wildman–Crippen LogP) is 2.97. The lowest BCUT2D eigenvalue weighted by molar-refractivity contribution is 0.00691. The van der Waals surface area contributed by atoms with E-state index in [1.165, 1.54) is 10.9 Å². The Bertz CT molecular complexity index is 891. The van der Waals surface area contributed by atoms with E-state index < -0.39 is 11.6 Å². The van der Waals surface area contributed by atoms with Crippen molar-refractivity contribution in [2.45, 2.75) is 38.7 Å². The SMILES string of the molecule is COC1=NC=CC(c2cnn(-c3ccc(C(=O)OC(C)(C)C)cn3)c2O)C1. The van der Waals surface area contributed by atoms with Crippen LogP contribution in [0.4, 0.5) is 0 Å². The summed E-state index contributed by atoms with van der Waals surface area (Å²) >= 11 is 0. The van der Waals surface area contributed by atoms with Crippen molar-refractivity contribution in [1.29, 1.82) is 0 Å². The molecule has 8 heteroatoms. The summed E-state index contributed by atoms with van der Waals surface area (Å²) in [6, 6.07) is 3.20. The van der Waals surface area contributed by atoms with Gasteiger partial charge in [-0.15, -0.1) is 0 Å². The summed E-state index contributed by atoms with van der Waals surface area (Å²) in [5, 5.41) is 14.8. The number of hydrogen-bond acceptors (Lipinski definition) is 7. The van der Waals surface area contributed by atoms with Gasteiger partial charge in [0, 0.05) is 30.3 Å². The Balaban J connectivity index is 1.80. The van der Waals surface area contributed by atoms with E-state index in [4.69, 9.17) is 9.47 Å². The molecular formula is C19H22N4O4. The minimum absolute atomic E-state index is 0.0143. The summed E-state index contributed by atoms with van der Waals surface area (Å²) in [5.41, 5.74) is 0.397. The Kier molecular flexibility index (Phi) is 4.98. The second-order valence-electron chi connectivity index (χ2n) is 7.12. The number of hydrogen-bond donors (Lipinski definition) is 1. The molecule has 0 spiro atoms. The molecule has 1 aliphatic heterocycles. The minimum atomic E-state index is -0.581. The van der Waals surface area contributed by atoms with Crippen LogP contribution in [0.2, 0.25) is 0 Å². The van der Waals surface area contributed by atoms with Crippen LogP contribution in [0.1, 0.15) is 49.0 Å². The molecule has 1 unspecified atom stereocenters. The van der Waals surface area contributed by atoms with Crippen LogP contribution in [-0.2, 0) is 9.47 Å². The van der Waals surface area contributed by atoms with Gasteiger partial charge in [-0.25, -0.2) is 14.8 Å². The minimum Gasteiger partial charge on any atom is -0.493 e. The van der Waals surface area contributed by atoms with E-state index in [9.17, 15) is 9.90 Å². The van der Waals surface area contributed by atoms with Gasteiger partial charge in [-0.2, -0.15) is 9.78 Å². The van der Waals surface area contributed by atoms with Gasteiger partial charge in [0.15, 0.2) is 11.7 Å². The Hall–Kier alpha value is -3.16. The molecule has 0 amide bonds. The number of allylic oxidation sites excluding steroid dienone is 1. The van der Waals surface area contributed by atoms with Crippen LogP contribution < -0.4 is 0 Å². The summed E-state index contributed by atoms with van der Waals surface area (Å²) in [7, 11) is 1.56. The first-order chi connectivity index (χ1) is 12.8. The lowest BCUT2D eigenvalue weighted by atomic mass is 9.97. The lowest BCUT2D eigenvalue weighted by Gasteiger charge is -2.19. The average Bonchev–Trinajstić information content (AvgIpc) is 3.02. The zero-order chi connectivity index (χ0) is 19.6. The number of methoxy groups -OCH3 is 1.